The van der Waals surface area contributed by atoms with Crippen molar-refractivity contribution in [2.75, 3.05) is 32.8 Å². The van der Waals surface area contributed by atoms with E-state index in [4.69, 9.17) is 4.74 Å². The third-order valence-corrected chi connectivity index (χ3v) is 8.55. The monoisotopic (exact) mass is 545 g/mol. The van der Waals surface area contributed by atoms with Crippen molar-refractivity contribution in [2.24, 2.45) is 11.8 Å². The van der Waals surface area contributed by atoms with E-state index in [9.17, 15) is 19.2 Å². The molecule has 0 radical (unpaired) electrons. The van der Waals surface area contributed by atoms with Crippen LogP contribution in [-0.2, 0) is 44.9 Å². The Bertz CT molecular complexity index is 1280. The van der Waals surface area contributed by atoms with Crippen molar-refractivity contribution in [3.63, 3.8) is 0 Å². The number of fused-ring (bicyclic) bond motifs is 1. The number of hydrogen-bond donors (Lipinski definition) is 2. The summed E-state index contributed by atoms with van der Waals surface area (Å²) in [5.41, 5.74) is 6.26. The Hall–Kier alpha value is -3.36. The van der Waals surface area contributed by atoms with Gasteiger partial charge < -0.3 is 10.1 Å². The van der Waals surface area contributed by atoms with Crippen LogP contribution in [0.5, 0.6) is 0 Å². The molecule has 2 N–H and O–H groups in total. The first-order valence-electron chi connectivity index (χ1n) is 14.5. The number of piperidine rings is 1. The van der Waals surface area contributed by atoms with Crippen molar-refractivity contribution < 1.29 is 23.9 Å². The fourth-order valence-electron chi connectivity index (χ4n) is 6.09. The first-order valence-corrected chi connectivity index (χ1v) is 14.5. The molecule has 0 spiro atoms. The average Bonchev–Trinajstić information content (AvgIpc) is 3.26. The zero-order chi connectivity index (χ0) is 28.1. The Morgan fingerprint density at radius 2 is 1.80 bits per heavy atom. The molecule has 0 bridgehead atoms. The minimum absolute atomic E-state index is 0.0286. The van der Waals surface area contributed by atoms with Gasteiger partial charge in [0.25, 0.3) is 0 Å². The van der Waals surface area contributed by atoms with Crippen LogP contribution in [0.4, 0.5) is 0 Å². The largest absolute Gasteiger partial charge is 0.379 e. The number of imide groups is 1. The summed E-state index contributed by atoms with van der Waals surface area (Å²) >= 11 is 0. The number of amides is 3. The number of benzene rings is 2. The Labute approximate surface area is 235 Å². The van der Waals surface area contributed by atoms with Crippen LogP contribution in [-0.4, -0.2) is 61.3 Å². The zero-order valence-corrected chi connectivity index (χ0v) is 23.3. The van der Waals surface area contributed by atoms with Crippen LogP contribution in [0.15, 0.2) is 36.4 Å². The molecule has 2 aromatic rings. The van der Waals surface area contributed by atoms with Crippen molar-refractivity contribution in [1.29, 1.82) is 0 Å². The number of ether oxygens (including phenoxy) is 1. The van der Waals surface area contributed by atoms with E-state index in [1.807, 2.05) is 18.2 Å². The standard InChI is InChI=1S/C32H39N3O5/c1-21-16-22(2-4-24(21)10-11-35-12-14-40-15-13-35)18-30(37)33-20-23-3-8-28-27(17-23)19-26(31(28)38)6-5-25-7-9-29(36)34-32(25)39/h2-4,8,16-17,25-26H,5-7,9-15,18-20H2,1H3,(H,33,37)(H,34,36,39). The molecular formula is C32H39N3O5. The van der Waals surface area contributed by atoms with Crippen LogP contribution in [0, 0.1) is 18.8 Å². The van der Waals surface area contributed by atoms with Gasteiger partial charge in [-0.25, -0.2) is 0 Å². The van der Waals surface area contributed by atoms with E-state index in [1.165, 1.54) is 11.1 Å². The van der Waals surface area contributed by atoms with Crippen molar-refractivity contribution >= 4 is 23.5 Å². The van der Waals surface area contributed by atoms with Gasteiger partial charge in [0.15, 0.2) is 5.78 Å². The van der Waals surface area contributed by atoms with E-state index in [1.54, 1.807) is 0 Å². The van der Waals surface area contributed by atoms with E-state index in [0.29, 0.717) is 45.1 Å². The summed E-state index contributed by atoms with van der Waals surface area (Å²) in [6.45, 7) is 7.15. The summed E-state index contributed by atoms with van der Waals surface area (Å²) < 4.78 is 5.43. The second-order valence-corrected chi connectivity index (χ2v) is 11.4. The Morgan fingerprint density at radius 3 is 2.58 bits per heavy atom. The lowest BCUT2D eigenvalue weighted by Gasteiger charge is -2.26. The molecule has 2 atom stereocenters. The molecule has 2 aliphatic heterocycles. The van der Waals surface area contributed by atoms with Gasteiger partial charge in [0.2, 0.25) is 17.7 Å². The van der Waals surface area contributed by atoms with Gasteiger partial charge in [0.1, 0.15) is 0 Å². The van der Waals surface area contributed by atoms with Gasteiger partial charge in [0, 0.05) is 50.0 Å². The van der Waals surface area contributed by atoms with Crippen LogP contribution < -0.4 is 10.6 Å². The molecule has 2 heterocycles. The second kappa shape index (κ2) is 12.9. The highest BCUT2D eigenvalue weighted by molar-refractivity contribution is 6.02. The lowest BCUT2D eigenvalue weighted by molar-refractivity contribution is -0.136. The third-order valence-electron chi connectivity index (χ3n) is 8.55. The predicted octanol–water partition coefficient (Wildman–Crippen LogP) is 2.92. The molecule has 0 saturated carbocycles. The highest BCUT2D eigenvalue weighted by atomic mass is 16.5. The van der Waals surface area contributed by atoms with E-state index in [-0.39, 0.29) is 35.3 Å². The minimum atomic E-state index is -0.216. The van der Waals surface area contributed by atoms with Crippen molar-refractivity contribution in [1.82, 2.24) is 15.5 Å². The third kappa shape index (κ3) is 7.04. The number of carbonyl (C=O) groups is 4. The summed E-state index contributed by atoms with van der Waals surface area (Å²) in [6.07, 6.45) is 4.15. The molecule has 3 amide bonds. The Balaban J connectivity index is 1.08. The number of Topliss-reactive ketones (excluding diaryl/α,β-unsaturated/α-hetero) is 1. The molecule has 3 aliphatic rings. The summed E-state index contributed by atoms with van der Waals surface area (Å²) in [4.78, 5) is 51.5. The van der Waals surface area contributed by atoms with E-state index in [0.717, 1.165) is 61.5 Å². The molecule has 2 saturated heterocycles. The first kappa shape index (κ1) is 28.2. The van der Waals surface area contributed by atoms with Crippen molar-refractivity contribution in [2.45, 2.75) is 58.4 Å². The van der Waals surface area contributed by atoms with E-state index in [2.05, 4.69) is 40.7 Å². The number of nitrogens with zero attached hydrogens (tertiary/aromatic N) is 1. The number of aryl methyl sites for hydroxylation is 1. The van der Waals surface area contributed by atoms with E-state index >= 15 is 0 Å². The van der Waals surface area contributed by atoms with E-state index < -0.39 is 0 Å². The van der Waals surface area contributed by atoms with Gasteiger partial charge in [-0.1, -0.05) is 36.4 Å². The van der Waals surface area contributed by atoms with Gasteiger partial charge in [-0.3, -0.25) is 29.4 Å². The van der Waals surface area contributed by atoms with Gasteiger partial charge in [0.05, 0.1) is 19.6 Å². The number of morpholine rings is 1. The van der Waals surface area contributed by atoms with Gasteiger partial charge >= 0.3 is 0 Å². The van der Waals surface area contributed by atoms with Crippen LogP contribution >= 0.6 is 0 Å². The summed E-state index contributed by atoms with van der Waals surface area (Å²) in [5.74, 6) is -0.665. The second-order valence-electron chi connectivity index (χ2n) is 11.4. The lowest BCUT2D eigenvalue weighted by atomic mass is 9.88. The number of rotatable bonds is 10. The molecule has 40 heavy (non-hydrogen) atoms. The SMILES string of the molecule is Cc1cc(CC(=O)NCc2ccc3c(c2)CC(CCC2CCC(=O)NC2=O)C3=O)ccc1CCN1CCOCC1. The van der Waals surface area contributed by atoms with Crippen molar-refractivity contribution in [3.8, 4) is 0 Å². The lowest BCUT2D eigenvalue weighted by Crippen LogP contribution is -2.40. The maximum absolute atomic E-state index is 12.9. The van der Waals surface area contributed by atoms with Crippen LogP contribution in [0.1, 0.15) is 63.9 Å². The number of nitrogens with one attached hydrogen (secondary N) is 2. The van der Waals surface area contributed by atoms with Crippen LogP contribution in [0.25, 0.3) is 0 Å². The predicted molar refractivity (Wildman–Crippen MR) is 151 cm³/mol. The first-order chi connectivity index (χ1) is 19.4. The fourth-order valence-corrected chi connectivity index (χ4v) is 6.09. The Kier molecular flexibility index (Phi) is 9.07. The normalized spacial score (nSPS) is 21.3. The quantitative estimate of drug-likeness (QED) is 0.445. The molecule has 212 valence electrons. The number of hydrogen-bond acceptors (Lipinski definition) is 6. The molecule has 5 rings (SSSR count). The van der Waals surface area contributed by atoms with Crippen molar-refractivity contribution in [3.05, 3.63) is 69.8 Å². The topological polar surface area (TPSA) is 105 Å². The fraction of sp³-hybridized carbons (Fsp3) is 0.500. The highest BCUT2D eigenvalue weighted by Gasteiger charge is 2.33. The summed E-state index contributed by atoms with van der Waals surface area (Å²) in [5, 5.41) is 5.42. The molecule has 2 aromatic carbocycles. The van der Waals surface area contributed by atoms with Gasteiger partial charge in [-0.15, -0.1) is 0 Å². The smallest absolute Gasteiger partial charge is 0.229 e. The zero-order valence-electron chi connectivity index (χ0n) is 23.3. The number of carbonyl (C=O) groups excluding carboxylic acids is 4. The van der Waals surface area contributed by atoms with Crippen LogP contribution in [0.3, 0.4) is 0 Å². The van der Waals surface area contributed by atoms with Gasteiger partial charge in [-0.2, -0.15) is 0 Å². The number of ketones is 1. The molecule has 8 nitrogen and oxygen atoms in total. The Morgan fingerprint density at radius 1 is 1.02 bits per heavy atom. The average molecular weight is 546 g/mol. The molecule has 2 unspecified atom stereocenters. The summed E-state index contributed by atoms with van der Waals surface area (Å²) in [6, 6.07) is 12.1. The summed E-state index contributed by atoms with van der Waals surface area (Å²) in [7, 11) is 0. The molecule has 2 fully saturated rings. The minimum Gasteiger partial charge on any atom is -0.379 e. The molecule has 1 aliphatic carbocycles. The molecule has 8 heteroatoms. The maximum Gasteiger partial charge on any atom is 0.229 e. The molecule has 0 aromatic heterocycles. The highest BCUT2D eigenvalue weighted by Crippen LogP contribution is 2.32. The van der Waals surface area contributed by atoms with Crippen LogP contribution in [0.2, 0.25) is 0 Å². The maximum atomic E-state index is 12.9. The molecular weight excluding hydrogens is 506 g/mol. The van der Waals surface area contributed by atoms with Gasteiger partial charge in [-0.05, 0) is 66.8 Å².